The van der Waals surface area contributed by atoms with Crippen molar-refractivity contribution in [2.45, 2.75) is 75.4 Å². The highest BCUT2D eigenvalue weighted by atomic mass is 32.2. The van der Waals surface area contributed by atoms with E-state index < -0.39 is 0 Å². The summed E-state index contributed by atoms with van der Waals surface area (Å²) in [4.78, 5) is 20.5. The average Bonchev–Trinajstić information content (AvgIpc) is 2.70. The van der Waals surface area contributed by atoms with Crippen molar-refractivity contribution in [3.05, 3.63) is 23.9 Å². The van der Waals surface area contributed by atoms with Gasteiger partial charge in [0.2, 0.25) is 0 Å². The van der Waals surface area contributed by atoms with Gasteiger partial charge in [0, 0.05) is 31.2 Å². The zero-order valence-corrected chi connectivity index (χ0v) is 19.8. The molecule has 0 atom stereocenters. The van der Waals surface area contributed by atoms with Gasteiger partial charge in [0.05, 0.1) is 6.61 Å². The number of carbonyl (C=O) groups is 1. The normalized spacial score (nSPS) is 10.9. The van der Waals surface area contributed by atoms with Crippen LogP contribution < -0.4 is 0 Å². The lowest BCUT2D eigenvalue weighted by atomic mass is 10.2. The van der Waals surface area contributed by atoms with Gasteiger partial charge in [-0.2, -0.15) is 0 Å². The fourth-order valence-electron chi connectivity index (χ4n) is 2.51. The SMILES string of the molecule is C=C(C)C(=O)OCCCCCCSc1ncc(C)c(SCCCCCCOC)n1. The molecular weight excluding hydrogens is 404 g/mol. The van der Waals surface area contributed by atoms with Crippen molar-refractivity contribution >= 4 is 29.5 Å². The minimum atomic E-state index is -0.295. The molecule has 0 aliphatic heterocycles. The molecule has 7 heteroatoms. The summed E-state index contributed by atoms with van der Waals surface area (Å²) >= 11 is 3.56. The van der Waals surface area contributed by atoms with Gasteiger partial charge >= 0.3 is 5.97 Å². The van der Waals surface area contributed by atoms with E-state index in [9.17, 15) is 4.79 Å². The second-order valence-corrected chi connectivity index (χ2v) is 9.22. The molecule has 0 aliphatic carbocycles. The lowest BCUT2D eigenvalue weighted by Gasteiger charge is -2.07. The zero-order valence-electron chi connectivity index (χ0n) is 18.2. The predicted octanol–water partition coefficient (Wildman–Crippen LogP) is 5.86. The lowest BCUT2D eigenvalue weighted by Crippen LogP contribution is -2.06. The third-order valence-electron chi connectivity index (χ3n) is 4.24. The molecule has 0 amide bonds. The van der Waals surface area contributed by atoms with Gasteiger partial charge in [0.25, 0.3) is 0 Å². The van der Waals surface area contributed by atoms with Crippen LogP contribution in [0.2, 0.25) is 0 Å². The number of carbonyl (C=O) groups excluding carboxylic acids is 1. The van der Waals surface area contributed by atoms with Gasteiger partial charge in [-0.15, -0.1) is 11.8 Å². The Labute approximate surface area is 184 Å². The maximum absolute atomic E-state index is 11.3. The van der Waals surface area contributed by atoms with E-state index in [0.29, 0.717) is 12.2 Å². The van der Waals surface area contributed by atoms with Crippen LogP contribution in [0, 0.1) is 6.92 Å². The van der Waals surface area contributed by atoms with Crippen molar-refractivity contribution in [3.8, 4) is 0 Å². The number of aryl methyl sites for hydroxylation is 1. The van der Waals surface area contributed by atoms with Crippen molar-refractivity contribution in [1.29, 1.82) is 0 Å². The quantitative estimate of drug-likeness (QED) is 0.0751. The van der Waals surface area contributed by atoms with Gasteiger partial charge in [-0.1, -0.05) is 44.0 Å². The molecule has 29 heavy (non-hydrogen) atoms. The first kappa shape index (κ1) is 26.0. The zero-order chi connectivity index (χ0) is 21.3. The number of unbranched alkanes of at least 4 members (excludes halogenated alkanes) is 6. The Morgan fingerprint density at radius 3 is 2.28 bits per heavy atom. The number of ether oxygens (including phenoxy) is 2. The number of hydrogen-bond acceptors (Lipinski definition) is 7. The van der Waals surface area contributed by atoms with Crippen molar-refractivity contribution in [2.75, 3.05) is 31.8 Å². The molecule has 164 valence electrons. The van der Waals surface area contributed by atoms with Gasteiger partial charge in [-0.25, -0.2) is 14.8 Å². The predicted molar refractivity (Wildman–Crippen MR) is 123 cm³/mol. The molecule has 0 radical (unpaired) electrons. The molecule has 0 N–H and O–H groups in total. The molecule has 0 unspecified atom stereocenters. The van der Waals surface area contributed by atoms with Crippen LogP contribution in [0.15, 0.2) is 28.5 Å². The summed E-state index contributed by atoms with van der Waals surface area (Å²) in [7, 11) is 1.76. The van der Waals surface area contributed by atoms with Gasteiger partial charge in [0.1, 0.15) is 5.03 Å². The smallest absolute Gasteiger partial charge is 0.333 e. The Bertz CT molecular complexity index is 612. The van der Waals surface area contributed by atoms with Crippen LogP contribution in [-0.2, 0) is 14.3 Å². The van der Waals surface area contributed by atoms with Crippen LogP contribution in [0.25, 0.3) is 0 Å². The van der Waals surface area contributed by atoms with E-state index in [2.05, 4.69) is 18.5 Å². The molecule has 0 saturated carbocycles. The number of thioether (sulfide) groups is 2. The van der Waals surface area contributed by atoms with Crippen LogP contribution in [0.5, 0.6) is 0 Å². The Hall–Kier alpha value is -1.05. The van der Waals surface area contributed by atoms with Gasteiger partial charge in [-0.05, 0) is 50.8 Å². The second-order valence-electron chi connectivity index (χ2n) is 7.08. The van der Waals surface area contributed by atoms with E-state index in [0.717, 1.165) is 66.0 Å². The van der Waals surface area contributed by atoms with E-state index >= 15 is 0 Å². The highest BCUT2D eigenvalue weighted by Crippen LogP contribution is 2.24. The summed E-state index contributed by atoms with van der Waals surface area (Å²) in [6.45, 7) is 8.66. The Kier molecular flexibility index (Phi) is 15.0. The maximum atomic E-state index is 11.3. The van der Waals surface area contributed by atoms with E-state index in [-0.39, 0.29) is 5.97 Å². The average molecular weight is 441 g/mol. The number of hydrogen-bond donors (Lipinski definition) is 0. The number of methoxy groups -OCH3 is 1. The second kappa shape index (κ2) is 16.7. The fraction of sp³-hybridized carbons (Fsp3) is 0.682. The van der Waals surface area contributed by atoms with E-state index in [1.165, 1.54) is 19.3 Å². The van der Waals surface area contributed by atoms with Crippen LogP contribution in [0.3, 0.4) is 0 Å². The first-order valence-electron chi connectivity index (χ1n) is 10.5. The molecule has 0 saturated heterocycles. The highest BCUT2D eigenvalue weighted by molar-refractivity contribution is 7.99. The Morgan fingerprint density at radius 2 is 1.62 bits per heavy atom. The Balaban J connectivity index is 2.14. The summed E-state index contributed by atoms with van der Waals surface area (Å²) in [6, 6.07) is 0. The molecule has 0 fully saturated rings. The topological polar surface area (TPSA) is 61.3 Å². The van der Waals surface area contributed by atoms with Crippen LogP contribution in [0.1, 0.15) is 63.9 Å². The minimum Gasteiger partial charge on any atom is -0.462 e. The summed E-state index contributed by atoms with van der Waals surface area (Å²) in [5, 5.41) is 1.98. The van der Waals surface area contributed by atoms with Crippen molar-refractivity contribution < 1.29 is 14.3 Å². The molecular formula is C22H36N2O3S2. The third-order valence-corrected chi connectivity index (χ3v) is 6.36. The van der Waals surface area contributed by atoms with Gasteiger partial charge < -0.3 is 9.47 Å². The number of nitrogens with zero attached hydrogens (tertiary/aromatic N) is 2. The monoisotopic (exact) mass is 440 g/mol. The molecule has 5 nitrogen and oxygen atoms in total. The van der Waals surface area contributed by atoms with E-state index in [1.54, 1.807) is 25.8 Å². The Morgan fingerprint density at radius 1 is 1.00 bits per heavy atom. The third kappa shape index (κ3) is 13.0. The first-order valence-corrected chi connectivity index (χ1v) is 12.4. The summed E-state index contributed by atoms with van der Waals surface area (Å²) in [5.41, 5.74) is 1.61. The molecule has 0 spiro atoms. The largest absolute Gasteiger partial charge is 0.462 e. The number of aromatic nitrogens is 2. The molecule has 1 aromatic rings. The molecule has 1 aromatic heterocycles. The van der Waals surface area contributed by atoms with Crippen molar-refractivity contribution in [1.82, 2.24) is 9.97 Å². The minimum absolute atomic E-state index is 0.295. The number of rotatable bonds is 17. The molecule has 0 bridgehead atoms. The standard InChI is InChI=1S/C22H36N2O3S2/c1-18(2)21(25)27-14-10-6-8-12-16-29-22-23-17-19(3)20(24-22)28-15-11-7-5-9-13-26-4/h17H,1,5-16H2,2-4H3. The number of esters is 1. The van der Waals surface area contributed by atoms with Crippen LogP contribution in [-0.4, -0.2) is 47.8 Å². The maximum Gasteiger partial charge on any atom is 0.333 e. The van der Waals surface area contributed by atoms with Crippen molar-refractivity contribution in [2.24, 2.45) is 0 Å². The molecule has 0 aliphatic rings. The summed E-state index contributed by atoms with van der Waals surface area (Å²) in [6.07, 6.45) is 11.0. The van der Waals surface area contributed by atoms with E-state index in [4.69, 9.17) is 14.5 Å². The fourth-order valence-corrected chi connectivity index (χ4v) is 4.35. The van der Waals surface area contributed by atoms with Gasteiger partial charge in [0.15, 0.2) is 5.16 Å². The first-order chi connectivity index (χ1) is 14.0. The van der Waals surface area contributed by atoms with E-state index in [1.807, 2.05) is 18.0 Å². The van der Waals surface area contributed by atoms with Crippen LogP contribution in [0.4, 0.5) is 0 Å². The summed E-state index contributed by atoms with van der Waals surface area (Å²) < 4.78 is 10.2. The molecule has 1 heterocycles. The van der Waals surface area contributed by atoms with Crippen molar-refractivity contribution in [3.63, 3.8) is 0 Å². The van der Waals surface area contributed by atoms with Crippen LogP contribution >= 0.6 is 23.5 Å². The highest BCUT2D eigenvalue weighted by Gasteiger charge is 2.06. The van der Waals surface area contributed by atoms with Gasteiger partial charge in [-0.3, -0.25) is 0 Å². The molecule has 1 rings (SSSR count). The molecule has 0 aromatic carbocycles. The lowest BCUT2D eigenvalue weighted by molar-refractivity contribution is -0.139. The summed E-state index contributed by atoms with van der Waals surface area (Å²) in [5.74, 6) is 1.82.